The van der Waals surface area contributed by atoms with E-state index in [-0.39, 0.29) is 5.39 Å². The van der Waals surface area contributed by atoms with Gasteiger partial charge in [0, 0.05) is 7.05 Å². The average Bonchev–Trinajstić information content (AvgIpc) is 2.51. The first kappa shape index (κ1) is 18.2. The van der Waals surface area contributed by atoms with Gasteiger partial charge in [-0.05, 0) is 19.1 Å². The second-order valence-electron chi connectivity index (χ2n) is 5.19. The predicted molar refractivity (Wildman–Crippen MR) is 78.2 cm³/mol. The van der Waals surface area contributed by atoms with Gasteiger partial charge in [-0.25, -0.2) is 4.98 Å². The van der Waals surface area contributed by atoms with Crippen molar-refractivity contribution >= 4 is 22.9 Å². The van der Waals surface area contributed by atoms with Crippen molar-refractivity contribution in [1.29, 1.82) is 0 Å². The fourth-order valence-electron chi connectivity index (χ4n) is 2.08. The van der Waals surface area contributed by atoms with Crippen LogP contribution in [0, 0.1) is 0 Å². The van der Waals surface area contributed by atoms with Crippen LogP contribution in [-0.2, 0) is 18.0 Å². The molecule has 0 fully saturated rings. The highest BCUT2D eigenvalue weighted by Gasteiger charge is 2.33. The molecule has 0 radical (unpaired) electrons. The lowest BCUT2D eigenvalue weighted by molar-refractivity contribution is -0.141. The van der Waals surface area contributed by atoms with E-state index in [1.807, 2.05) is 5.32 Å². The molecule has 8 nitrogen and oxygen atoms in total. The third-order valence-electron chi connectivity index (χ3n) is 3.44. The largest absolute Gasteiger partial charge is 0.506 e. The number of amides is 1. The van der Waals surface area contributed by atoms with E-state index < -0.39 is 52.3 Å². The molecule has 0 aromatic carbocycles. The molecule has 1 atom stereocenters. The number of carbonyl (C=O) groups is 2. The first-order valence-corrected chi connectivity index (χ1v) is 6.78. The fraction of sp³-hybridized carbons (Fsp3) is 0.286. The molecule has 1 unspecified atom stereocenters. The van der Waals surface area contributed by atoms with Gasteiger partial charge in [-0.15, -0.1) is 0 Å². The van der Waals surface area contributed by atoms with Gasteiger partial charge in [-0.2, -0.15) is 13.2 Å². The SMILES string of the molecule is CC(NC(=O)c1c(O)c2ccc(C(F)(F)F)nc2n(C)c1=O)C(=O)O. The molecule has 0 aliphatic carbocycles. The van der Waals surface area contributed by atoms with Gasteiger partial charge < -0.3 is 15.5 Å². The van der Waals surface area contributed by atoms with Gasteiger partial charge in [-0.3, -0.25) is 19.0 Å². The van der Waals surface area contributed by atoms with Crippen LogP contribution in [0.5, 0.6) is 5.75 Å². The molecule has 0 bridgehead atoms. The average molecular weight is 359 g/mol. The number of fused-ring (bicyclic) bond motifs is 1. The van der Waals surface area contributed by atoms with Crippen LogP contribution in [-0.4, -0.2) is 37.7 Å². The highest BCUT2D eigenvalue weighted by atomic mass is 19.4. The lowest BCUT2D eigenvalue weighted by atomic mass is 10.1. The maximum atomic E-state index is 12.7. The van der Waals surface area contributed by atoms with Crippen molar-refractivity contribution in [2.45, 2.75) is 19.1 Å². The topological polar surface area (TPSA) is 122 Å². The van der Waals surface area contributed by atoms with Gasteiger partial charge in [-0.1, -0.05) is 0 Å². The van der Waals surface area contributed by atoms with Gasteiger partial charge in [0.15, 0.2) is 0 Å². The summed E-state index contributed by atoms with van der Waals surface area (Å²) in [5.74, 6) is -3.42. The Kier molecular flexibility index (Phi) is 4.43. The molecule has 0 saturated carbocycles. The van der Waals surface area contributed by atoms with Crippen molar-refractivity contribution in [2.75, 3.05) is 0 Å². The van der Waals surface area contributed by atoms with E-state index in [1.165, 1.54) is 0 Å². The van der Waals surface area contributed by atoms with Crippen molar-refractivity contribution in [3.63, 3.8) is 0 Å². The second-order valence-corrected chi connectivity index (χ2v) is 5.19. The van der Waals surface area contributed by atoms with Crippen molar-refractivity contribution in [2.24, 2.45) is 7.05 Å². The molecule has 1 amide bonds. The number of carboxylic acid groups (broad SMARTS) is 1. The quantitative estimate of drug-likeness (QED) is 0.747. The molecular formula is C14H12F3N3O5. The number of pyridine rings is 2. The Morgan fingerprint density at radius 2 is 1.92 bits per heavy atom. The summed E-state index contributed by atoms with van der Waals surface area (Å²) in [6, 6.07) is 0.115. The van der Waals surface area contributed by atoms with Crippen LogP contribution in [0.25, 0.3) is 11.0 Å². The number of hydrogen-bond donors (Lipinski definition) is 3. The zero-order valence-corrected chi connectivity index (χ0v) is 12.9. The number of halogens is 3. The van der Waals surface area contributed by atoms with Crippen LogP contribution in [0.1, 0.15) is 23.0 Å². The molecule has 0 spiro atoms. The summed E-state index contributed by atoms with van der Waals surface area (Å²) in [6.45, 7) is 1.14. The van der Waals surface area contributed by atoms with Gasteiger partial charge in [0.1, 0.15) is 28.7 Å². The van der Waals surface area contributed by atoms with E-state index >= 15 is 0 Å². The number of aromatic nitrogens is 2. The molecule has 11 heteroatoms. The van der Waals surface area contributed by atoms with Gasteiger partial charge >= 0.3 is 12.1 Å². The number of hydrogen-bond acceptors (Lipinski definition) is 5. The van der Waals surface area contributed by atoms with Crippen LogP contribution >= 0.6 is 0 Å². The highest BCUT2D eigenvalue weighted by molar-refractivity contribution is 6.02. The van der Waals surface area contributed by atoms with E-state index in [2.05, 4.69) is 4.98 Å². The van der Waals surface area contributed by atoms with E-state index in [0.29, 0.717) is 10.6 Å². The molecule has 25 heavy (non-hydrogen) atoms. The molecule has 2 heterocycles. The Hall–Kier alpha value is -3.11. The number of alkyl halides is 3. The van der Waals surface area contributed by atoms with Gasteiger partial charge in [0.05, 0.1) is 5.39 Å². The Bertz CT molecular complexity index is 936. The molecule has 0 saturated heterocycles. The Morgan fingerprint density at radius 3 is 2.44 bits per heavy atom. The van der Waals surface area contributed by atoms with Crippen LogP contribution < -0.4 is 10.9 Å². The summed E-state index contributed by atoms with van der Waals surface area (Å²) in [4.78, 5) is 38.4. The number of aromatic hydroxyl groups is 1. The van der Waals surface area contributed by atoms with Crippen molar-refractivity contribution in [1.82, 2.24) is 14.9 Å². The number of aliphatic carboxylic acids is 1. The molecule has 2 rings (SSSR count). The molecule has 3 N–H and O–H groups in total. The minimum absolute atomic E-state index is 0.261. The summed E-state index contributed by atoms with van der Waals surface area (Å²) in [7, 11) is 1.08. The van der Waals surface area contributed by atoms with Gasteiger partial charge in [0.25, 0.3) is 11.5 Å². The second kappa shape index (κ2) is 6.07. The number of rotatable bonds is 3. The Balaban J connectivity index is 2.67. The van der Waals surface area contributed by atoms with Crippen LogP contribution in [0.3, 0.4) is 0 Å². The van der Waals surface area contributed by atoms with Crippen molar-refractivity contribution in [3.05, 3.63) is 33.7 Å². The van der Waals surface area contributed by atoms with E-state index in [9.17, 15) is 32.7 Å². The summed E-state index contributed by atoms with van der Waals surface area (Å²) >= 11 is 0. The number of aryl methyl sites for hydroxylation is 1. The maximum Gasteiger partial charge on any atom is 0.433 e. The number of carboxylic acids is 1. The third kappa shape index (κ3) is 3.25. The number of carbonyl (C=O) groups excluding carboxylic acids is 1. The summed E-state index contributed by atoms with van der Waals surface area (Å²) in [5.41, 5.74) is -3.65. The number of nitrogens with zero attached hydrogens (tertiary/aromatic N) is 2. The molecule has 0 aliphatic heterocycles. The van der Waals surface area contributed by atoms with E-state index in [0.717, 1.165) is 20.0 Å². The fourth-order valence-corrected chi connectivity index (χ4v) is 2.08. The summed E-state index contributed by atoms with van der Waals surface area (Å²) in [5, 5.41) is 20.6. The van der Waals surface area contributed by atoms with Crippen LogP contribution in [0.2, 0.25) is 0 Å². The molecule has 2 aromatic heterocycles. The molecule has 0 aliphatic rings. The first-order valence-electron chi connectivity index (χ1n) is 6.78. The Morgan fingerprint density at radius 1 is 1.32 bits per heavy atom. The monoisotopic (exact) mass is 359 g/mol. The van der Waals surface area contributed by atoms with E-state index in [4.69, 9.17) is 5.11 Å². The Labute approximate surface area is 137 Å². The molecular weight excluding hydrogens is 347 g/mol. The van der Waals surface area contributed by atoms with Gasteiger partial charge in [0.2, 0.25) is 0 Å². The van der Waals surface area contributed by atoms with Crippen LogP contribution in [0.15, 0.2) is 16.9 Å². The summed E-state index contributed by atoms with van der Waals surface area (Å²) < 4.78 is 38.9. The third-order valence-corrected chi connectivity index (χ3v) is 3.44. The van der Waals surface area contributed by atoms with Crippen LogP contribution in [0.4, 0.5) is 13.2 Å². The minimum Gasteiger partial charge on any atom is -0.506 e. The smallest absolute Gasteiger partial charge is 0.433 e. The molecule has 134 valence electrons. The minimum atomic E-state index is -4.76. The van der Waals surface area contributed by atoms with Crippen molar-refractivity contribution < 1.29 is 33.0 Å². The standard InChI is InChI=1S/C14H12F3N3O5/c1-5(13(24)25)18-11(22)8-9(21)6-3-4-7(14(15,16)17)19-10(6)20(2)12(8)23/h3-5,21H,1-2H3,(H,18,22)(H,24,25). The maximum absolute atomic E-state index is 12.7. The van der Waals surface area contributed by atoms with Crippen molar-refractivity contribution in [3.8, 4) is 5.75 Å². The lowest BCUT2D eigenvalue weighted by Gasteiger charge is -2.14. The predicted octanol–water partition coefficient (Wildman–Crippen LogP) is 0.861. The number of nitrogens with one attached hydrogen (secondary N) is 1. The lowest BCUT2D eigenvalue weighted by Crippen LogP contribution is -2.41. The normalized spacial score (nSPS) is 12.8. The van der Waals surface area contributed by atoms with E-state index in [1.54, 1.807) is 0 Å². The zero-order valence-electron chi connectivity index (χ0n) is 12.9. The zero-order chi connectivity index (χ0) is 19.1. The highest BCUT2D eigenvalue weighted by Crippen LogP contribution is 2.31. The molecule has 2 aromatic rings. The first-order chi connectivity index (χ1) is 11.4. The summed E-state index contributed by atoms with van der Waals surface area (Å²) in [6.07, 6.45) is -4.76.